The first-order chi connectivity index (χ1) is 20.1. The summed E-state index contributed by atoms with van der Waals surface area (Å²) in [5.41, 5.74) is -0.534. The molecule has 1 N–H and O–H groups in total. The SMILES string of the molecule is CC(C)(CO[Si](c1ccccc1)(c1ccccc1)C(C)(C)C)c1nnc(NC(=O)C(C)(C)S(=O)(=O)C[C@H]2CCCCO2)s1. The summed E-state index contributed by atoms with van der Waals surface area (Å²) < 4.78 is 37.6. The lowest BCUT2D eigenvalue weighted by molar-refractivity contribution is -0.117. The number of hydrogen-bond acceptors (Lipinski definition) is 8. The van der Waals surface area contributed by atoms with Crippen molar-refractivity contribution in [3.8, 4) is 0 Å². The maximum atomic E-state index is 13.3. The molecule has 43 heavy (non-hydrogen) atoms. The van der Waals surface area contributed by atoms with Crippen molar-refractivity contribution in [3.05, 3.63) is 65.7 Å². The smallest absolute Gasteiger partial charge is 0.261 e. The van der Waals surface area contributed by atoms with Gasteiger partial charge in [0.1, 0.15) is 9.75 Å². The van der Waals surface area contributed by atoms with Gasteiger partial charge in [-0.25, -0.2) is 8.42 Å². The molecule has 0 bridgehead atoms. The molecule has 2 heterocycles. The van der Waals surface area contributed by atoms with E-state index in [9.17, 15) is 13.2 Å². The molecule has 1 amide bonds. The minimum absolute atomic E-state index is 0.175. The largest absolute Gasteiger partial charge is 0.406 e. The van der Waals surface area contributed by atoms with Gasteiger partial charge in [0.15, 0.2) is 9.84 Å². The van der Waals surface area contributed by atoms with Gasteiger partial charge in [-0.3, -0.25) is 10.1 Å². The molecule has 1 atom stereocenters. The lowest BCUT2D eigenvalue weighted by Crippen LogP contribution is -2.67. The third kappa shape index (κ3) is 7.11. The molecule has 0 unspecified atom stereocenters. The molecule has 1 fully saturated rings. The van der Waals surface area contributed by atoms with Crippen LogP contribution in [0.5, 0.6) is 0 Å². The molecule has 11 heteroatoms. The van der Waals surface area contributed by atoms with Crippen LogP contribution < -0.4 is 15.7 Å². The Morgan fingerprint density at radius 3 is 2.05 bits per heavy atom. The number of anilines is 1. The minimum Gasteiger partial charge on any atom is -0.406 e. The Balaban J connectivity index is 1.54. The van der Waals surface area contributed by atoms with E-state index in [-0.39, 0.29) is 22.0 Å². The van der Waals surface area contributed by atoms with Crippen LogP contribution in [-0.4, -0.2) is 62.7 Å². The molecule has 1 aliphatic heterocycles. The van der Waals surface area contributed by atoms with Gasteiger partial charge in [-0.05, 0) is 48.5 Å². The summed E-state index contributed by atoms with van der Waals surface area (Å²) in [5.74, 6) is -0.811. The van der Waals surface area contributed by atoms with Crippen molar-refractivity contribution in [3.63, 3.8) is 0 Å². The molecule has 1 aromatic heterocycles. The van der Waals surface area contributed by atoms with Crippen molar-refractivity contribution in [2.45, 2.75) is 89.0 Å². The second-order valence-corrected chi connectivity index (χ2v) is 21.3. The van der Waals surface area contributed by atoms with Crippen molar-refractivity contribution in [1.82, 2.24) is 10.2 Å². The van der Waals surface area contributed by atoms with Crippen LogP contribution in [0, 0.1) is 0 Å². The van der Waals surface area contributed by atoms with E-state index in [1.165, 1.54) is 35.6 Å². The Labute approximate surface area is 261 Å². The first-order valence-corrected chi connectivity index (χ1v) is 19.2. The molecular weight excluding hydrogens is 599 g/mol. The first kappa shape index (κ1) is 33.4. The summed E-state index contributed by atoms with van der Waals surface area (Å²) in [5, 5.41) is 14.5. The van der Waals surface area contributed by atoms with E-state index in [1.807, 2.05) is 12.1 Å². The van der Waals surface area contributed by atoms with Crippen LogP contribution in [0.2, 0.25) is 5.04 Å². The zero-order valence-corrected chi connectivity index (χ0v) is 29.0. The molecule has 0 aliphatic carbocycles. The normalized spacial score (nSPS) is 17.0. The van der Waals surface area contributed by atoms with Gasteiger partial charge in [-0.15, -0.1) is 10.2 Å². The number of aromatic nitrogens is 2. The molecule has 8 nitrogen and oxygen atoms in total. The number of sulfone groups is 1. The van der Waals surface area contributed by atoms with E-state index < -0.39 is 34.2 Å². The summed E-state index contributed by atoms with van der Waals surface area (Å²) in [6.45, 7) is 14.6. The number of carbonyl (C=O) groups is 1. The van der Waals surface area contributed by atoms with E-state index in [0.717, 1.165) is 12.8 Å². The molecule has 0 radical (unpaired) electrons. The lowest BCUT2D eigenvalue weighted by Gasteiger charge is -2.44. The maximum absolute atomic E-state index is 13.3. The molecule has 2 aromatic carbocycles. The fourth-order valence-corrected chi connectivity index (χ4v) is 12.5. The van der Waals surface area contributed by atoms with Gasteiger partial charge < -0.3 is 9.16 Å². The van der Waals surface area contributed by atoms with Gasteiger partial charge in [-0.2, -0.15) is 0 Å². The van der Waals surface area contributed by atoms with Crippen molar-refractivity contribution in [2.24, 2.45) is 0 Å². The van der Waals surface area contributed by atoms with Gasteiger partial charge in [0.25, 0.3) is 8.32 Å². The molecule has 4 rings (SSSR count). The molecule has 1 saturated heterocycles. The number of carbonyl (C=O) groups excluding carboxylic acids is 1. The zero-order valence-electron chi connectivity index (χ0n) is 26.3. The van der Waals surface area contributed by atoms with Crippen LogP contribution in [0.3, 0.4) is 0 Å². The number of nitrogens with zero attached hydrogens (tertiary/aromatic N) is 2. The molecule has 3 aromatic rings. The minimum atomic E-state index is -3.79. The number of amides is 1. The lowest BCUT2D eigenvalue weighted by atomic mass is 9.96. The Hall–Kier alpha value is -2.44. The van der Waals surface area contributed by atoms with Gasteiger partial charge in [0, 0.05) is 18.6 Å². The highest BCUT2D eigenvalue weighted by Crippen LogP contribution is 2.39. The maximum Gasteiger partial charge on any atom is 0.261 e. The fraction of sp³-hybridized carbons (Fsp3) is 0.531. The van der Waals surface area contributed by atoms with Crippen LogP contribution >= 0.6 is 11.3 Å². The number of nitrogens with one attached hydrogen (secondary N) is 1. The van der Waals surface area contributed by atoms with Crippen LogP contribution in [0.4, 0.5) is 5.13 Å². The molecule has 0 spiro atoms. The average Bonchev–Trinajstić information content (AvgIpc) is 3.43. The van der Waals surface area contributed by atoms with E-state index in [1.54, 1.807) is 0 Å². The van der Waals surface area contributed by atoms with Crippen LogP contribution in [0.1, 0.15) is 72.7 Å². The summed E-state index contributed by atoms with van der Waals surface area (Å²) in [6, 6.07) is 20.9. The molecule has 1 aliphatic rings. The predicted octanol–water partition coefficient (Wildman–Crippen LogP) is 5.09. The zero-order chi connectivity index (χ0) is 31.5. The number of ether oxygens (including phenoxy) is 1. The highest BCUT2D eigenvalue weighted by Gasteiger charge is 2.51. The summed E-state index contributed by atoms with van der Waals surface area (Å²) >= 11 is 1.24. The van der Waals surface area contributed by atoms with Crippen molar-refractivity contribution in [2.75, 3.05) is 24.3 Å². The Bertz CT molecular complexity index is 1440. The Morgan fingerprint density at radius 1 is 0.953 bits per heavy atom. The molecule has 234 valence electrons. The van der Waals surface area contributed by atoms with Crippen LogP contribution in [-0.2, 0) is 29.2 Å². The van der Waals surface area contributed by atoms with Crippen LogP contribution in [0.15, 0.2) is 60.7 Å². The van der Waals surface area contributed by atoms with Crippen molar-refractivity contribution >= 4 is 50.9 Å². The molecule has 0 saturated carbocycles. The summed E-state index contributed by atoms with van der Waals surface area (Å²) in [4.78, 5) is 13.3. The molecular formula is C32H45N3O5S2Si. The number of rotatable bonds is 11. The standard InChI is InChI=1S/C32H45N3O5S2Si/c1-30(2,3)43(25-17-10-8-11-18-25,26-19-12-9-13-20-26)40-23-31(4,5)28-34-35-29(41-28)33-27(36)32(6,7)42(37,38)22-24-16-14-15-21-39-24/h8-13,17-20,24H,14-16,21-23H2,1-7H3,(H,33,35,36)/t24-/m1/s1. The van der Waals surface area contributed by atoms with E-state index in [2.05, 4.69) is 98.7 Å². The summed E-state index contributed by atoms with van der Waals surface area (Å²) in [7, 11) is -6.55. The Morgan fingerprint density at radius 2 is 1.53 bits per heavy atom. The van der Waals surface area contributed by atoms with Crippen LogP contribution in [0.25, 0.3) is 0 Å². The van der Waals surface area contributed by atoms with E-state index in [0.29, 0.717) is 24.6 Å². The third-order valence-corrected chi connectivity index (χ3v) is 17.0. The number of benzene rings is 2. The highest BCUT2D eigenvalue weighted by atomic mass is 32.2. The predicted molar refractivity (Wildman–Crippen MR) is 177 cm³/mol. The summed E-state index contributed by atoms with van der Waals surface area (Å²) in [6.07, 6.45) is 2.16. The topological polar surface area (TPSA) is 107 Å². The van der Waals surface area contributed by atoms with Gasteiger partial charge in [0.2, 0.25) is 11.0 Å². The second kappa shape index (κ2) is 12.9. The monoisotopic (exact) mass is 643 g/mol. The third-order valence-electron chi connectivity index (χ3n) is 8.29. The first-order valence-electron chi connectivity index (χ1n) is 14.8. The van der Waals surface area contributed by atoms with Gasteiger partial charge in [-0.1, -0.05) is 107 Å². The average molecular weight is 644 g/mol. The Kier molecular flexibility index (Phi) is 10.0. The fourth-order valence-electron chi connectivity index (χ4n) is 5.44. The quantitative estimate of drug-likeness (QED) is 0.290. The van der Waals surface area contributed by atoms with E-state index >= 15 is 0 Å². The van der Waals surface area contributed by atoms with E-state index in [4.69, 9.17) is 9.16 Å². The van der Waals surface area contributed by atoms with Gasteiger partial charge in [0.05, 0.1) is 11.9 Å². The highest BCUT2D eigenvalue weighted by molar-refractivity contribution is 7.93. The second-order valence-electron chi connectivity index (χ2n) is 13.5. The van der Waals surface area contributed by atoms with Crippen molar-refractivity contribution < 1.29 is 22.4 Å². The number of hydrogen-bond donors (Lipinski definition) is 1. The van der Waals surface area contributed by atoms with Gasteiger partial charge >= 0.3 is 0 Å². The van der Waals surface area contributed by atoms with Crippen molar-refractivity contribution in [1.29, 1.82) is 0 Å².